The van der Waals surface area contributed by atoms with E-state index in [2.05, 4.69) is 15.9 Å². The van der Waals surface area contributed by atoms with Crippen LogP contribution >= 0.6 is 27.5 Å². The van der Waals surface area contributed by atoms with E-state index in [1.54, 1.807) is 13.3 Å². The Morgan fingerprint density at radius 2 is 1.45 bits per heavy atom. The third-order valence-electron chi connectivity index (χ3n) is 4.90. The molecule has 4 rings (SSSR count). The normalized spacial score (nSPS) is 10.9. The van der Waals surface area contributed by atoms with Crippen molar-refractivity contribution in [2.75, 3.05) is 12.1 Å². The Labute approximate surface area is 207 Å². The second-order valence-electron chi connectivity index (χ2n) is 7.17. The summed E-state index contributed by atoms with van der Waals surface area (Å²) in [5.41, 5.74) is 3.81. The molecule has 0 fully saturated rings. The van der Waals surface area contributed by atoms with Crippen LogP contribution in [-0.2, 0) is 6.61 Å². The van der Waals surface area contributed by atoms with Crippen molar-refractivity contribution < 1.29 is 9.47 Å². The van der Waals surface area contributed by atoms with Gasteiger partial charge in [0.1, 0.15) is 6.61 Å². The van der Waals surface area contributed by atoms with Gasteiger partial charge in [-0.2, -0.15) is 5.10 Å². The summed E-state index contributed by atoms with van der Waals surface area (Å²) >= 11 is 9.61. The summed E-state index contributed by atoms with van der Waals surface area (Å²) in [6.45, 7) is 0.406. The molecule has 166 valence electrons. The first-order chi connectivity index (χ1) is 16.1. The summed E-state index contributed by atoms with van der Waals surface area (Å²) in [5.74, 6) is 1.26. The zero-order valence-corrected chi connectivity index (χ0v) is 20.3. The van der Waals surface area contributed by atoms with Gasteiger partial charge in [-0.3, -0.25) is 0 Å². The van der Waals surface area contributed by atoms with Crippen molar-refractivity contribution >= 4 is 45.1 Å². The summed E-state index contributed by atoms with van der Waals surface area (Å²) in [6.07, 6.45) is 1.80. The second kappa shape index (κ2) is 11.0. The van der Waals surface area contributed by atoms with Crippen LogP contribution in [0, 0.1) is 0 Å². The molecule has 0 radical (unpaired) electrons. The number of rotatable bonds is 8. The molecule has 0 aliphatic rings. The Morgan fingerprint density at radius 3 is 2.03 bits per heavy atom. The van der Waals surface area contributed by atoms with Crippen molar-refractivity contribution in [2.24, 2.45) is 5.10 Å². The maximum atomic E-state index is 6.00. The third kappa shape index (κ3) is 5.95. The van der Waals surface area contributed by atoms with Crippen LogP contribution in [0.5, 0.6) is 11.5 Å². The molecule has 6 heteroatoms. The van der Waals surface area contributed by atoms with Gasteiger partial charge in [0, 0.05) is 15.1 Å². The number of hydrazone groups is 1. The molecule has 0 aliphatic carbocycles. The third-order valence-corrected chi connectivity index (χ3v) is 5.84. The van der Waals surface area contributed by atoms with Gasteiger partial charge in [-0.25, -0.2) is 5.01 Å². The van der Waals surface area contributed by atoms with Gasteiger partial charge in [-0.15, -0.1) is 0 Å². The average molecular weight is 522 g/mol. The van der Waals surface area contributed by atoms with Gasteiger partial charge in [-0.1, -0.05) is 60.1 Å². The lowest BCUT2D eigenvalue weighted by Crippen LogP contribution is -2.09. The fourth-order valence-corrected chi connectivity index (χ4v) is 3.76. The number of ether oxygens (including phenoxy) is 2. The van der Waals surface area contributed by atoms with Gasteiger partial charge in [0.15, 0.2) is 11.5 Å². The first kappa shape index (κ1) is 22.9. The highest BCUT2D eigenvalue weighted by atomic mass is 79.9. The van der Waals surface area contributed by atoms with Gasteiger partial charge >= 0.3 is 0 Å². The van der Waals surface area contributed by atoms with E-state index < -0.39 is 0 Å². The minimum Gasteiger partial charge on any atom is -0.493 e. The monoisotopic (exact) mass is 520 g/mol. The number of hydrogen-bond acceptors (Lipinski definition) is 4. The fourth-order valence-electron chi connectivity index (χ4n) is 3.20. The number of methoxy groups -OCH3 is 1. The zero-order valence-electron chi connectivity index (χ0n) is 18.0. The molecule has 33 heavy (non-hydrogen) atoms. The molecular weight excluding hydrogens is 500 g/mol. The van der Waals surface area contributed by atoms with Gasteiger partial charge in [0.05, 0.1) is 24.7 Å². The van der Waals surface area contributed by atoms with E-state index in [9.17, 15) is 0 Å². The Balaban J connectivity index is 1.59. The van der Waals surface area contributed by atoms with Crippen LogP contribution in [0.4, 0.5) is 11.4 Å². The van der Waals surface area contributed by atoms with Gasteiger partial charge < -0.3 is 9.47 Å². The Hall–Kier alpha value is -3.28. The van der Waals surface area contributed by atoms with Gasteiger partial charge in [0.2, 0.25) is 0 Å². The largest absolute Gasteiger partial charge is 0.493 e. The molecule has 0 N–H and O–H groups in total. The molecule has 0 atom stereocenters. The summed E-state index contributed by atoms with van der Waals surface area (Å²) in [6, 6.07) is 31.4. The smallest absolute Gasteiger partial charge is 0.162 e. The number of halogens is 2. The lowest BCUT2D eigenvalue weighted by molar-refractivity contribution is 0.284. The number of anilines is 2. The summed E-state index contributed by atoms with van der Waals surface area (Å²) in [5, 5.41) is 7.36. The van der Waals surface area contributed by atoms with Crippen molar-refractivity contribution in [1.82, 2.24) is 0 Å². The highest BCUT2D eigenvalue weighted by Gasteiger charge is 2.12. The summed E-state index contributed by atoms with van der Waals surface area (Å²) in [7, 11) is 1.62. The van der Waals surface area contributed by atoms with Crippen LogP contribution in [0.25, 0.3) is 0 Å². The molecule has 0 saturated carbocycles. The van der Waals surface area contributed by atoms with Crippen molar-refractivity contribution in [3.63, 3.8) is 0 Å². The average Bonchev–Trinajstić information content (AvgIpc) is 2.86. The highest BCUT2D eigenvalue weighted by Crippen LogP contribution is 2.34. The van der Waals surface area contributed by atoms with Gasteiger partial charge in [-0.05, 0) is 70.0 Å². The van der Waals surface area contributed by atoms with E-state index in [-0.39, 0.29) is 0 Å². The maximum absolute atomic E-state index is 6.00. The molecular formula is C27H22BrClN2O2. The van der Waals surface area contributed by atoms with Crippen LogP contribution in [-0.4, -0.2) is 13.3 Å². The fraction of sp³-hybridized carbons (Fsp3) is 0.0741. The highest BCUT2D eigenvalue weighted by molar-refractivity contribution is 9.10. The van der Waals surface area contributed by atoms with Crippen molar-refractivity contribution in [3.8, 4) is 11.5 Å². The Kier molecular flexibility index (Phi) is 7.66. The number of benzene rings is 4. The minimum absolute atomic E-state index is 0.406. The van der Waals surface area contributed by atoms with E-state index in [4.69, 9.17) is 26.2 Å². The molecule has 0 amide bonds. The molecule has 4 aromatic rings. The molecule has 0 heterocycles. The van der Waals surface area contributed by atoms with E-state index in [0.29, 0.717) is 23.1 Å². The SMILES string of the molecule is COc1cc(/C=N\N(c2ccccc2)c2ccccc2)c(Br)cc1OCc1ccc(Cl)cc1. The zero-order chi connectivity index (χ0) is 23.0. The van der Waals surface area contributed by atoms with Crippen molar-refractivity contribution in [2.45, 2.75) is 6.61 Å². The predicted molar refractivity (Wildman–Crippen MR) is 139 cm³/mol. The molecule has 0 spiro atoms. The van der Waals surface area contributed by atoms with Gasteiger partial charge in [0.25, 0.3) is 0 Å². The topological polar surface area (TPSA) is 34.1 Å². The van der Waals surface area contributed by atoms with Crippen LogP contribution in [0.3, 0.4) is 0 Å². The molecule has 0 unspecified atom stereocenters. The van der Waals surface area contributed by atoms with Crippen LogP contribution < -0.4 is 14.5 Å². The molecule has 0 aromatic heterocycles. The predicted octanol–water partition coefficient (Wildman–Crippen LogP) is 7.86. The molecule has 0 bridgehead atoms. The maximum Gasteiger partial charge on any atom is 0.162 e. The summed E-state index contributed by atoms with van der Waals surface area (Å²) < 4.78 is 12.4. The van der Waals surface area contributed by atoms with Crippen LogP contribution in [0.2, 0.25) is 5.02 Å². The molecule has 0 aliphatic heterocycles. The number of hydrogen-bond donors (Lipinski definition) is 0. The number of para-hydroxylation sites is 2. The minimum atomic E-state index is 0.406. The lowest BCUT2D eigenvalue weighted by atomic mass is 10.2. The Bertz CT molecular complexity index is 1180. The quantitative estimate of drug-likeness (QED) is 0.175. The second-order valence-corrected chi connectivity index (χ2v) is 8.46. The number of nitrogens with zero attached hydrogens (tertiary/aromatic N) is 2. The Morgan fingerprint density at radius 1 is 0.848 bits per heavy atom. The molecule has 4 nitrogen and oxygen atoms in total. The lowest BCUT2D eigenvalue weighted by Gasteiger charge is -2.19. The van der Waals surface area contributed by atoms with Crippen molar-refractivity contribution in [1.29, 1.82) is 0 Å². The van der Waals surface area contributed by atoms with E-state index in [1.807, 2.05) is 102 Å². The molecule has 4 aromatic carbocycles. The standard InChI is InChI=1S/C27H22BrClN2O2/c1-32-26-16-21(25(28)17-27(26)33-19-20-12-14-22(29)15-13-20)18-30-31(23-8-4-2-5-9-23)24-10-6-3-7-11-24/h2-18H,19H2,1H3/b30-18-. The van der Waals surface area contributed by atoms with Crippen LogP contribution in [0.1, 0.15) is 11.1 Å². The first-order valence-corrected chi connectivity index (χ1v) is 11.5. The first-order valence-electron chi connectivity index (χ1n) is 10.3. The van der Waals surface area contributed by atoms with E-state index >= 15 is 0 Å². The molecule has 0 saturated heterocycles. The van der Waals surface area contributed by atoms with E-state index in [0.717, 1.165) is 27.0 Å². The van der Waals surface area contributed by atoms with Crippen molar-refractivity contribution in [3.05, 3.63) is 118 Å². The summed E-state index contributed by atoms with van der Waals surface area (Å²) in [4.78, 5) is 0. The van der Waals surface area contributed by atoms with E-state index in [1.165, 1.54) is 0 Å². The van der Waals surface area contributed by atoms with Crippen LogP contribution in [0.15, 0.2) is 107 Å².